The second-order valence-electron chi connectivity index (χ2n) is 5.72. The van der Waals surface area contributed by atoms with Crippen LogP contribution in [0.1, 0.15) is 32.9 Å². The summed E-state index contributed by atoms with van der Waals surface area (Å²) in [5, 5.41) is 18.1. The number of ketones is 1. The maximum atomic E-state index is 12.7. The number of alkyl halides is 3. The third-order valence-corrected chi connectivity index (χ3v) is 3.87. The van der Waals surface area contributed by atoms with Crippen molar-refractivity contribution in [2.24, 2.45) is 0 Å². The molecule has 7 heteroatoms. The number of aromatic nitrogens is 1. The zero-order chi connectivity index (χ0) is 19.5. The molecule has 0 amide bonds. The van der Waals surface area contributed by atoms with Crippen molar-refractivity contribution in [2.45, 2.75) is 26.6 Å². The molecule has 0 bridgehead atoms. The zero-order valence-electron chi connectivity index (χ0n) is 14.1. The van der Waals surface area contributed by atoms with Crippen LogP contribution in [0.5, 0.6) is 0 Å². The lowest BCUT2D eigenvalue weighted by molar-refractivity contribution is -0.141. The Morgan fingerprint density at radius 1 is 1.19 bits per heavy atom. The molecule has 132 valence electrons. The Balaban J connectivity index is 2.40. The first kappa shape index (κ1) is 19.0. The summed E-state index contributed by atoms with van der Waals surface area (Å²) in [7, 11) is 0. The Labute approximate surface area is 148 Å². The van der Waals surface area contributed by atoms with Gasteiger partial charge in [0, 0.05) is 17.0 Å². The van der Waals surface area contributed by atoms with Crippen molar-refractivity contribution in [1.29, 1.82) is 10.5 Å². The van der Waals surface area contributed by atoms with Crippen molar-refractivity contribution in [3.8, 4) is 12.1 Å². The summed E-state index contributed by atoms with van der Waals surface area (Å²) in [5.74, 6) is -0.640. The number of nitriles is 2. The second-order valence-corrected chi connectivity index (χ2v) is 5.72. The molecule has 2 rings (SSSR count). The summed E-state index contributed by atoms with van der Waals surface area (Å²) >= 11 is 0. The first-order valence-electron chi connectivity index (χ1n) is 7.56. The number of allylic oxidation sites excluding steroid dienone is 1. The van der Waals surface area contributed by atoms with E-state index in [0.29, 0.717) is 16.8 Å². The highest BCUT2D eigenvalue weighted by Gasteiger charge is 2.30. The van der Waals surface area contributed by atoms with Crippen molar-refractivity contribution >= 4 is 11.9 Å². The number of halogens is 3. The summed E-state index contributed by atoms with van der Waals surface area (Å²) in [6, 6.07) is 11.4. The molecule has 1 heterocycles. The Bertz CT molecular complexity index is 952. The maximum absolute atomic E-state index is 12.7. The van der Waals surface area contributed by atoms with E-state index in [0.717, 1.165) is 4.57 Å². The highest BCUT2D eigenvalue weighted by atomic mass is 19.4. The van der Waals surface area contributed by atoms with Gasteiger partial charge in [0.05, 0.1) is 11.6 Å². The third kappa shape index (κ3) is 4.20. The molecule has 0 saturated heterocycles. The quantitative estimate of drug-likeness (QED) is 0.465. The van der Waals surface area contributed by atoms with Crippen molar-refractivity contribution in [1.82, 2.24) is 4.57 Å². The maximum Gasteiger partial charge on any atom is 0.406 e. The number of carbonyl (C=O) groups is 1. The van der Waals surface area contributed by atoms with Gasteiger partial charge >= 0.3 is 6.18 Å². The van der Waals surface area contributed by atoms with Gasteiger partial charge in [-0.25, -0.2) is 0 Å². The van der Waals surface area contributed by atoms with Crippen LogP contribution in [0.4, 0.5) is 13.2 Å². The van der Waals surface area contributed by atoms with Crippen LogP contribution >= 0.6 is 0 Å². The van der Waals surface area contributed by atoms with Gasteiger partial charge in [0.2, 0.25) is 5.78 Å². The van der Waals surface area contributed by atoms with E-state index < -0.39 is 18.5 Å². The van der Waals surface area contributed by atoms with Gasteiger partial charge in [0.25, 0.3) is 0 Å². The minimum absolute atomic E-state index is 0.0631. The van der Waals surface area contributed by atoms with Crippen molar-refractivity contribution in [2.75, 3.05) is 0 Å². The van der Waals surface area contributed by atoms with E-state index in [1.807, 2.05) is 6.07 Å². The van der Waals surface area contributed by atoms with Gasteiger partial charge in [-0.3, -0.25) is 4.79 Å². The van der Waals surface area contributed by atoms with Gasteiger partial charge in [0.15, 0.2) is 0 Å². The fourth-order valence-corrected chi connectivity index (χ4v) is 2.57. The normalized spacial score (nSPS) is 11.7. The average Bonchev–Trinajstić information content (AvgIpc) is 2.86. The van der Waals surface area contributed by atoms with E-state index in [4.69, 9.17) is 5.26 Å². The number of hydrogen-bond donors (Lipinski definition) is 0. The molecule has 1 aromatic carbocycles. The van der Waals surface area contributed by atoms with Crippen LogP contribution in [0.25, 0.3) is 6.08 Å². The summed E-state index contributed by atoms with van der Waals surface area (Å²) in [6.07, 6.45) is -3.06. The molecule has 0 aliphatic carbocycles. The highest BCUT2D eigenvalue weighted by molar-refractivity contribution is 6.14. The van der Waals surface area contributed by atoms with Gasteiger partial charge in [0.1, 0.15) is 18.2 Å². The van der Waals surface area contributed by atoms with Crippen LogP contribution in [-0.4, -0.2) is 16.5 Å². The number of Topliss-reactive ketones (excluding diaryl/α,β-unsaturated/α-hetero) is 1. The number of rotatable bonds is 4. The van der Waals surface area contributed by atoms with Crippen LogP contribution in [0.15, 0.2) is 35.9 Å². The molecular weight excluding hydrogens is 343 g/mol. The molecule has 0 atom stereocenters. The Kier molecular flexibility index (Phi) is 5.33. The molecule has 0 N–H and O–H groups in total. The van der Waals surface area contributed by atoms with Gasteiger partial charge < -0.3 is 4.57 Å². The molecule has 2 aromatic rings. The van der Waals surface area contributed by atoms with Crippen molar-refractivity contribution in [3.05, 3.63) is 64.0 Å². The monoisotopic (exact) mass is 357 g/mol. The highest BCUT2D eigenvalue weighted by Crippen LogP contribution is 2.25. The summed E-state index contributed by atoms with van der Waals surface area (Å²) < 4.78 is 39.1. The number of carbonyl (C=O) groups excluding carboxylic acids is 1. The van der Waals surface area contributed by atoms with E-state index in [9.17, 15) is 23.2 Å². The van der Waals surface area contributed by atoms with Crippen LogP contribution in [0, 0.1) is 36.5 Å². The molecule has 0 aliphatic heterocycles. The minimum Gasteiger partial charge on any atom is -0.339 e. The van der Waals surface area contributed by atoms with Crippen molar-refractivity contribution in [3.63, 3.8) is 0 Å². The molecule has 0 radical (unpaired) electrons. The van der Waals surface area contributed by atoms with E-state index in [-0.39, 0.29) is 16.8 Å². The molecule has 4 nitrogen and oxygen atoms in total. The second kappa shape index (κ2) is 7.28. The van der Waals surface area contributed by atoms with Crippen LogP contribution in [0.2, 0.25) is 0 Å². The first-order chi connectivity index (χ1) is 12.2. The Morgan fingerprint density at radius 2 is 1.81 bits per heavy atom. The predicted octanol–water partition coefficient (Wildman–Crippen LogP) is 4.33. The molecule has 0 aliphatic rings. The number of benzene rings is 1. The van der Waals surface area contributed by atoms with Gasteiger partial charge in [-0.05, 0) is 43.7 Å². The Morgan fingerprint density at radius 3 is 2.31 bits per heavy atom. The van der Waals surface area contributed by atoms with Crippen LogP contribution in [0.3, 0.4) is 0 Å². The SMILES string of the molecule is Cc1cc(C(=O)/C(C#N)=C/c2ccc(C#N)cc2)c(C)n1CC(F)(F)F. The van der Waals surface area contributed by atoms with Crippen molar-refractivity contribution < 1.29 is 18.0 Å². The molecule has 0 spiro atoms. The molecule has 0 saturated carbocycles. The summed E-state index contributed by atoms with van der Waals surface area (Å²) in [4.78, 5) is 12.6. The molecular formula is C19H14F3N3O. The fourth-order valence-electron chi connectivity index (χ4n) is 2.57. The van der Waals surface area contributed by atoms with E-state index in [1.54, 1.807) is 30.3 Å². The largest absolute Gasteiger partial charge is 0.406 e. The van der Waals surface area contributed by atoms with Gasteiger partial charge in [-0.2, -0.15) is 23.7 Å². The van der Waals surface area contributed by atoms with Gasteiger partial charge in [-0.1, -0.05) is 12.1 Å². The molecule has 26 heavy (non-hydrogen) atoms. The van der Waals surface area contributed by atoms with E-state index in [1.165, 1.54) is 26.0 Å². The number of nitrogens with zero attached hydrogens (tertiary/aromatic N) is 3. The molecule has 1 aromatic heterocycles. The van der Waals surface area contributed by atoms with E-state index in [2.05, 4.69) is 0 Å². The number of aryl methyl sites for hydroxylation is 1. The standard InChI is InChI=1S/C19H14F3N3O/c1-12-7-17(13(2)25(12)11-19(20,21)22)18(26)16(10-24)8-14-3-5-15(9-23)6-4-14/h3-8H,11H2,1-2H3/b16-8+. The molecule has 0 unspecified atom stereocenters. The third-order valence-electron chi connectivity index (χ3n) is 3.87. The van der Waals surface area contributed by atoms with Crippen LogP contribution < -0.4 is 0 Å². The fraction of sp³-hybridized carbons (Fsp3) is 0.211. The lowest BCUT2D eigenvalue weighted by Gasteiger charge is -2.12. The summed E-state index contributed by atoms with van der Waals surface area (Å²) in [6.45, 7) is 1.70. The van der Waals surface area contributed by atoms with Gasteiger partial charge in [-0.15, -0.1) is 0 Å². The first-order valence-corrected chi connectivity index (χ1v) is 7.56. The van der Waals surface area contributed by atoms with Crippen LogP contribution in [-0.2, 0) is 6.54 Å². The number of hydrogen-bond acceptors (Lipinski definition) is 3. The predicted molar refractivity (Wildman–Crippen MR) is 89.0 cm³/mol. The Hall–Kier alpha value is -3.32. The topological polar surface area (TPSA) is 69.6 Å². The smallest absolute Gasteiger partial charge is 0.339 e. The van der Waals surface area contributed by atoms with E-state index >= 15 is 0 Å². The average molecular weight is 357 g/mol. The summed E-state index contributed by atoms with van der Waals surface area (Å²) in [5.41, 5.74) is 1.29. The minimum atomic E-state index is -4.41. The lowest BCUT2D eigenvalue weighted by atomic mass is 10.0. The zero-order valence-corrected chi connectivity index (χ0v) is 14.1. The lowest BCUT2D eigenvalue weighted by Crippen LogP contribution is -2.19. The molecule has 0 fully saturated rings.